The fraction of sp³-hybridized carbons (Fsp3) is 0.308. The Bertz CT molecular complexity index is 647. The van der Waals surface area contributed by atoms with E-state index in [2.05, 4.69) is 21.3 Å². The van der Waals surface area contributed by atoms with Gasteiger partial charge in [0.15, 0.2) is 0 Å². The Kier molecular flexibility index (Phi) is 6.68. The van der Waals surface area contributed by atoms with Crippen LogP contribution in [0.1, 0.15) is 18.1 Å². The first-order valence-electron chi connectivity index (χ1n) is 6.19. The summed E-state index contributed by atoms with van der Waals surface area (Å²) >= 11 is 0. The Morgan fingerprint density at radius 3 is 2.86 bits per heavy atom. The summed E-state index contributed by atoms with van der Waals surface area (Å²) in [6.07, 6.45) is -1.02. The van der Waals surface area contributed by atoms with E-state index in [0.717, 1.165) is 5.56 Å². The first-order valence-corrected chi connectivity index (χ1v) is 7.67. The molecule has 0 atom stereocenters. The molecular weight excluding hydrogens is 294 g/mol. The first kappa shape index (κ1) is 17.0. The molecule has 7 nitrogen and oxygen atoms in total. The van der Waals surface area contributed by atoms with Gasteiger partial charge in [-0.3, -0.25) is 0 Å². The standard InChI is InChI=1S/C13H17N3O4S/c1-2-20-13(17)16-21(18,19)15-10-12-6-3-5-11(9-12)7-4-8-14/h3,5-6,9,15H,2,8,10,14H2,1H3,(H,16,17). The van der Waals surface area contributed by atoms with Gasteiger partial charge in [0, 0.05) is 12.1 Å². The zero-order valence-electron chi connectivity index (χ0n) is 11.5. The summed E-state index contributed by atoms with van der Waals surface area (Å²) in [6, 6.07) is 7.01. The predicted octanol–water partition coefficient (Wildman–Crippen LogP) is 0.0773. The monoisotopic (exact) mass is 311 g/mol. The third-order valence-electron chi connectivity index (χ3n) is 2.22. The summed E-state index contributed by atoms with van der Waals surface area (Å²) in [4.78, 5) is 11.1. The highest BCUT2D eigenvalue weighted by molar-refractivity contribution is 7.88. The molecule has 21 heavy (non-hydrogen) atoms. The minimum absolute atomic E-state index is 0.0207. The van der Waals surface area contributed by atoms with Crippen molar-refractivity contribution < 1.29 is 17.9 Å². The molecule has 114 valence electrons. The highest BCUT2D eigenvalue weighted by Crippen LogP contribution is 2.04. The van der Waals surface area contributed by atoms with Crippen molar-refractivity contribution in [3.8, 4) is 11.8 Å². The van der Waals surface area contributed by atoms with Gasteiger partial charge in [0.05, 0.1) is 13.2 Å². The van der Waals surface area contributed by atoms with Crippen LogP contribution < -0.4 is 15.2 Å². The Morgan fingerprint density at radius 1 is 1.43 bits per heavy atom. The van der Waals surface area contributed by atoms with E-state index < -0.39 is 16.3 Å². The largest absolute Gasteiger partial charge is 0.449 e. The molecular formula is C13H17N3O4S. The number of benzene rings is 1. The quantitative estimate of drug-likeness (QED) is 0.667. The maximum atomic E-state index is 11.6. The van der Waals surface area contributed by atoms with Crippen LogP contribution in [0.4, 0.5) is 4.79 Å². The van der Waals surface area contributed by atoms with Crippen molar-refractivity contribution in [3.05, 3.63) is 35.4 Å². The molecule has 0 bridgehead atoms. The lowest BCUT2D eigenvalue weighted by Gasteiger charge is -2.08. The summed E-state index contributed by atoms with van der Waals surface area (Å²) in [5.74, 6) is 5.56. The fourth-order valence-electron chi connectivity index (χ4n) is 1.40. The van der Waals surface area contributed by atoms with Gasteiger partial charge < -0.3 is 10.5 Å². The zero-order valence-corrected chi connectivity index (χ0v) is 12.4. The number of rotatable bonds is 5. The van der Waals surface area contributed by atoms with Gasteiger partial charge in [0.1, 0.15) is 0 Å². The van der Waals surface area contributed by atoms with Gasteiger partial charge in [-0.2, -0.15) is 13.1 Å². The van der Waals surface area contributed by atoms with Crippen molar-refractivity contribution in [2.24, 2.45) is 5.73 Å². The second-order valence-electron chi connectivity index (χ2n) is 3.85. The van der Waals surface area contributed by atoms with Crippen LogP contribution in [0.3, 0.4) is 0 Å². The molecule has 0 aliphatic carbocycles. The van der Waals surface area contributed by atoms with Crippen LogP contribution in [0.25, 0.3) is 0 Å². The van der Waals surface area contributed by atoms with Gasteiger partial charge in [0.2, 0.25) is 0 Å². The van der Waals surface area contributed by atoms with Crippen LogP contribution >= 0.6 is 0 Å². The SMILES string of the molecule is CCOC(=O)NS(=O)(=O)NCc1cccc(C#CCN)c1. The van der Waals surface area contributed by atoms with Crippen LogP contribution in [0, 0.1) is 11.8 Å². The van der Waals surface area contributed by atoms with Gasteiger partial charge in [-0.15, -0.1) is 0 Å². The smallest absolute Gasteiger partial charge is 0.421 e. The van der Waals surface area contributed by atoms with Crippen molar-refractivity contribution in [1.29, 1.82) is 0 Å². The highest BCUT2D eigenvalue weighted by atomic mass is 32.2. The molecule has 0 spiro atoms. The van der Waals surface area contributed by atoms with Gasteiger partial charge >= 0.3 is 16.3 Å². The lowest BCUT2D eigenvalue weighted by Crippen LogP contribution is -2.40. The molecule has 1 rings (SSSR count). The molecule has 8 heteroatoms. The number of nitrogens with two attached hydrogens (primary N) is 1. The molecule has 1 amide bonds. The Labute approximate surface area is 124 Å². The van der Waals surface area contributed by atoms with E-state index in [9.17, 15) is 13.2 Å². The molecule has 1 aromatic rings. The molecule has 0 saturated heterocycles. The van der Waals surface area contributed by atoms with E-state index in [-0.39, 0.29) is 19.7 Å². The summed E-state index contributed by atoms with van der Waals surface area (Å²) < 4.78 is 31.6. The average molecular weight is 311 g/mol. The minimum Gasteiger partial charge on any atom is -0.449 e. The van der Waals surface area contributed by atoms with Crippen LogP contribution in [-0.2, 0) is 21.5 Å². The first-order chi connectivity index (χ1) is 9.96. The summed E-state index contributed by atoms with van der Waals surface area (Å²) in [5.41, 5.74) is 6.72. The number of ether oxygens (including phenoxy) is 1. The molecule has 0 fully saturated rings. The highest BCUT2D eigenvalue weighted by Gasteiger charge is 2.14. The Hall–Kier alpha value is -2.08. The lowest BCUT2D eigenvalue weighted by molar-refractivity contribution is 0.158. The number of hydrogen-bond acceptors (Lipinski definition) is 5. The number of nitrogens with one attached hydrogen (secondary N) is 2. The number of carbonyl (C=O) groups is 1. The second kappa shape index (κ2) is 8.26. The van der Waals surface area contributed by atoms with Gasteiger partial charge in [-0.1, -0.05) is 24.0 Å². The maximum absolute atomic E-state index is 11.6. The molecule has 0 aliphatic rings. The van der Waals surface area contributed by atoms with Crippen molar-refractivity contribution in [2.75, 3.05) is 13.2 Å². The fourth-order valence-corrected chi connectivity index (χ4v) is 2.10. The number of amides is 1. The Morgan fingerprint density at radius 2 is 2.19 bits per heavy atom. The van der Waals surface area contributed by atoms with Crippen molar-refractivity contribution in [2.45, 2.75) is 13.5 Å². The van der Waals surface area contributed by atoms with Crippen LogP contribution in [-0.4, -0.2) is 27.7 Å². The maximum Gasteiger partial charge on any atom is 0.421 e. The topological polar surface area (TPSA) is 111 Å². The second-order valence-corrected chi connectivity index (χ2v) is 5.35. The number of hydrogen-bond donors (Lipinski definition) is 3. The van der Waals surface area contributed by atoms with Crippen molar-refractivity contribution >= 4 is 16.3 Å². The summed E-state index contributed by atoms with van der Waals surface area (Å²) in [6.45, 7) is 1.93. The normalized spacial score (nSPS) is 10.4. The molecule has 0 aliphatic heterocycles. The zero-order chi connectivity index (χ0) is 15.7. The Balaban J connectivity index is 2.64. The summed E-state index contributed by atoms with van der Waals surface area (Å²) in [5, 5.41) is 0. The van der Waals surface area contributed by atoms with Crippen LogP contribution in [0.5, 0.6) is 0 Å². The van der Waals surface area contributed by atoms with E-state index in [1.165, 1.54) is 0 Å². The minimum atomic E-state index is -3.96. The van der Waals surface area contributed by atoms with Gasteiger partial charge in [0.25, 0.3) is 0 Å². The molecule has 4 N–H and O–H groups in total. The van der Waals surface area contributed by atoms with Crippen LogP contribution in [0.2, 0.25) is 0 Å². The van der Waals surface area contributed by atoms with Gasteiger partial charge in [-0.05, 0) is 24.6 Å². The molecule has 0 heterocycles. The molecule has 0 saturated carbocycles. The molecule has 0 aromatic heterocycles. The average Bonchev–Trinajstić information content (AvgIpc) is 2.43. The lowest BCUT2D eigenvalue weighted by atomic mass is 10.1. The third-order valence-corrected chi connectivity index (χ3v) is 3.18. The van der Waals surface area contributed by atoms with Crippen molar-refractivity contribution in [1.82, 2.24) is 9.44 Å². The van der Waals surface area contributed by atoms with Crippen LogP contribution in [0.15, 0.2) is 24.3 Å². The van der Waals surface area contributed by atoms with Crippen molar-refractivity contribution in [3.63, 3.8) is 0 Å². The molecule has 0 radical (unpaired) electrons. The van der Waals surface area contributed by atoms with E-state index in [0.29, 0.717) is 5.56 Å². The summed E-state index contributed by atoms with van der Waals surface area (Å²) in [7, 11) is -3.96. The third kappa shape index (κ3) is 6.76. The van der Waals surface area contributed by atoms with E-state index in [1.807, 2.05) is 0 Å². The molecule has 0 unspecified atom stereocenters. The molecule has 1 aromatic carbocycles. The van der Waals surface area contributed by atoms with Gasteiger partial charge in [-0.25, -0.2) is 9.52 Å². The van der Waals surface area contributed by atoms with E-state index in [4.69, 9.17) is 5.73 Å². The van der Waals surface area contributed by atoms with E-state index >= 15 is 0 Å². The van der Waals surface area contributed by atoms with E-state index in [1.54, 1.807) is 35.9 Å². The predicted molar refractivity (Wildman–Crippen MR) is 78.3 cm³/mol. The number of carbonyl (C=O) groups excluding carboxylic acids is 1.